The average molecular weight is 340 g/mol. The standard InChI is InChI=1S/C20H24N2OS/c1-14-5-7-15(8-6-14)16-10-13-24-19(16)20(23)21-17-9-12-22-11-3-2-4-18(17)22/h5-8,10,13,17-18H,2-4,9,11-12H2,1H3,(H,21,23)/t17-,18-/m0/s1. The first kappa shape index (κ1) is 15.9. The molecule has 2 aromatic rings. The Morgan fingerprint density at radius 1 is 1.12 bits per heavy atom. The van der Waals surface area contributed by atoms with E-state index in [1.165, 1.54) is 31.4 Å². The van der Waals surface area contributed by atoms with E-state index in [0.717, 1.165) is 29.0 Å². The number of hydrogen-bond donors (Lipinski definition) is 1. The Balaban J connectivity index is 1.51. The molecule has 4 heteroatoms. The molecular weight excluding hydrogens is 316 g/mol. The molecule has 0 spiro atoms. The lowest BCUT2D eigenvalue weighted by Crippen LogP contribution is -2.46. The van der Waals surface area contributed by atoms with E-state index in [2.05, 4.69) is 47.5 Å². The van der Waals surface area contributed by atoms with Crippen molar-refractivity contribution >= 4 is 17.2 Å². The van der Waals surface area contributed by atoms with Gasteiger partial charge in [0.05, 0.1) is 4.88 Å². The number of amides is 1. The molecule has 4 rings (SSSR count). The van der Waals surface area contributed by atoms with Crippen LogP contribution in [0.3, 0.4) is 0 Å². The molecule has 1 aromatic heterocycles. The monoisotopic (exact) mass is 340 g/mol. The lowest BCUT2D eigenvalue weighted by Gasteiger charge is -2.32. The van der Waals surface area contributed by atoms with E-state index in [-0.39, 0.29) is 5.91 Å². The summed E-state index contributed by atoms with van der Waals surface area (Å²) in [4.78, 5) is 16.3. The van der Waals surface area contributed by atoms with Crippen LogP contribution in [0.2, 0.25) is 0 Å². The lowest BCUT2D eigenvalue weighted by molar-refractivity contribution is 0.0920. The fourth-order valence-corrected chi connectivity index (χ4v) is 4.91. The van der Waals surface area contributed by atoms with Gasteiger partial charge in [0.1, 0.15) is 0 Å². The quantitative estimate of drug-likeness (QED) is 0.913. The number of carbonyl (C=O) groups is 1. The fraction of sp³-hybridized carbons (Fsp3) is 0.450. The first-order valence-corrected chi connectivity index (χ1v) is 9.80. The van der Waals surface area contributed by atoms with E-state index >= 15 is 0 Å². The number of hydrogen-bond acceptors (Lipinski definition) is 3. The molecule has 24 heavy (non-hydrogen) atoms. The maximum absolute atomic E-state index is 12.9. The normalized spacial score (nSPS) is 23.9. The minimum absolute atomic E-state index is 0.0954. The number of benzene rings is 1. The number of piperidine rings is 1. The highest BCUT2D eigenvalue weighted by Gasteiger charge is 2.36. The molecule has 2 atom stereocenters. The summed E-state index contributed by atoms with van der Waals surface area (Å²) in [6.07, 6.45) is 4.91. The second kappa shape index (κ2) is 6.69. The number of aryl methyl sites for hydroxylation is 1. The Labute approximate surface area is 147 Å². The van der Waals surface area contributed by atoms with Crippen molar-refractivity contribution in [3.8, 4) is 11.1 Å². The summed E-state index contributed by atoms with van der Waals surface area (Å²) in [5.41, 5.74) is 3.41. The SMILES string of the molecule is Cc1ccc(-c2ccsc2C(=O)N[C@H]2CCN3CCCC[C@@H]23)cc1. The number of rotatable bonds is 3. The zero-order valence-electron chi connectivity index (χ0n) is 14.1. The van der Waals surface area contributed by atoms with Crippen molar-refractivity contribution in [2.75, 3.05) is 13.1 Å². The van der Waals surface area contributed by atoms with Gasteiger partial charge in [-0.1, -0.05) is 36.2 Å². The predicted molar refractivity (Wildman–Crippen MR) is 99.6 cm³/mol. The summed E-state index contributed by atoms with van der Waals surface area (Å²) in [7, 11) is 0. The van der Waals surface area contributed by atoms with E-state index < -0.39 is 0 Å². The predicted octanol–water partition coefficient (Wildman–Crippen LogP) is 4.08. The van der Waals surface area contributed by atoms with Crippen LogP contribution in [0.5, 0.6) is 0 Å². The summed E-state index contributed by atoms with van der Waals surface area (Å²) in [5.74, 6) is 0.0954. The summed E-state index contributed by atoms with van der Waals surface area (Å²) in [6.45, 7) is 4.41. The van der Waals surface area contributed by atoms with Crippen molar-refractivity contribution in [2.45, 2.75) is 44.7 Å². The molecule has 1 amide bonds. The molecule has 0 saturated carbocycles. The molecular formula is C20H24N2OS. The van der Waals surface area contributed by atoms with E-state index in [1.54, 1.807) is 11.3 Å². The van der Waals surface area contributed by atoms with Crippen LogP contribution >= 0.6 is 11.3 Å². The summed E-state index contributed by atoms with van der Waals surface area (Å²) in [6, 6.07) is 11.3. The first-order chi connectivity index (χ1) is 11.7. The molecule has 3 heterocycles. The minimum Gasteiger partial charge on any atom is -0.347 e. The van der Waals surface area contributed by atoms with Crippen LogP contribution in [0, 0.1) is 6.92 Å². The van der Waals surface area contributed by atoms with Gasteiger partial charge in [-0.15, -0.1) is 11.3 Å². The molecule has 1 aromatic carbocycles. The molecule has 2 fully saturated rings. The maximum atomic E-state index is 12.9. The van der Waals surface area contributed by atoms with Gasteiger partial charge in [0.15, 0.2) is 0 Å². The van der Waals surface area contributed by atoms with E-state index in [1.807, 2.05) is 5.38 Å². The van der Waals surface area contributed by atoms with Crippen LogP contribution in [0.15, 0.2) is 35.7 Å². The zero-order chi connectivity index (χ0) is 16.5. The average Bonchev–Trinajstić information content (AvgIpc) is 3.23. The second-order valence-electron chi connectivity index (χ2n) is 7.00. The van der Waals surface area contributed by atoms with Crippen LogP contribution < -0.4 is 5.32 Å². The number of nitrogens with one attached hydrogen (secondary N) is 1. The van der Waals surface area contributed by atoms with Crippen LogP contribution in [0.1, 0.15) is 40.9 Å². The Hall–Kier alpha value is -1.65. The second-order valence-corrected chi connectivity index (χ2v) is 7.91. The number of fused-ring (bicyclic) bond motifs is 1. The van der Waals surface area contributed by atoms with Crippen LogP contribution in [0.4, 0.5) is 0 Å². The van der Waals surface area contributed by atoms with Crippen molar-refractivity contribution in [1.29, 1.82) is 0 Å². The van der Waals surface area contributed by atoms with Gasteiger partial charge in [-0.25, -0.2) is 0 Å². The van der Waals surface area contributed by atoms with Crippen molar-refractivity contribution in [1.82, 2.24) is 10.2 Å². The third-order valence-electron chi connectivity index (χ3n) is 5.41. The highest BCUT2D eigenvalue weighted by Crippen LogP contribution is 2.31. The number of thiophene rings is 1. The molecule has 1 N–H and O–H groups in total. The smallest absolute Gasteiger partial charge is 0.262 e. The molecule has 3 nitrogen and oxygen atoms in total. The highest BCUT2D eigenvalue weighted by molar-refractivity contribution is 7.12. The Morgan fingerprint density at radius 3 is 2.79 bits per heavy atom. The van der Waals surface area contributed by atoms with Gasteiger partial charge in [-0.2, -0.15) is 0 Å². The summed E-state index contributed by atoms with van der Waals surface area (Å²) < 4.78 is 0. The van der Waals surface area contributed by atoms with Gasteiger partial charge in [0.25, 0.3) is 5.91 Å². The van der Waals surface area contributed by atoms with E-state index in [0.29, 0.717) is 12.1 Å². The van der Waals surface area contributed by atoms with Gasteiger partial charge < -0.3 is 5.32 Å². The van der Waals surface area contributed by atoms with Crippen molar-refractivity contribution in [2.24, 2.45) is 0 Å². The summed E-state index contributed by atoms with van der Waals surface area (Å²) >= 11 is 1.54. The van der Waals surface area contributed by atoms with Gasteiger partial charge in [0.2, 0.25) is 0 Å². The zero-order valence-corrected chi connectivity index (χ0v) is 14.9. The molecule has 2 aliphatic heterocycles. The van der Waals surface area contributed by atoms with Crippen LogP contribution in [0.25, 0.3) is 11.1 Å². The molecule has 0 radical (unpaired) electrons. The van der Waals surface area contributed by atoms with Gasteiger partial charge in [-0.05, 0) is 49.7 Å². The topological polar surface area (TPSA) is 32.3 Å². The number of nitrogens with zero attached hydrogens (tertiary/aromatic N) is 1. The highest BCUT2D eigenvalue weighted by atomic mass is 32.1. The molecule has 0 unspecified atom stereocenters. The van der Waals surface area contributed by atoms with Crippen LogP contribution in [-0.2, 0) is 0 Å². The lowest BCUT2D eigenvalue weighted by atomic mass is 9.98. The molecule has 2 saturated heterocycles. The number of carbonyl (C=O) groups excluding carboxylic acids is 1. The largest absolute Gasteiger partial charge is 0.347 e. The van der Waals surface area contributed by atoms with Crippen molar-refractivity contribution in [3.63, 3.8) is 0 Å². The fourth-order valence-electron chi connectivity index (χ4n) is 4.10. The Morgan fingerprint density at radius 2 is 1.96 bits per heavy atom. The molecule has 2 aliphatic rings. The first-order valence-electron chi connectivity index (χ1n) is 8.92. The van der Waals surface area contributed by atoms with Crippen molar-refractivity contribution in [3.05, 3.63) is 46.2 Å². The Bertz CT molecular complexity index is 721. The third kappa shape index (κ3) is 3.01. The third-order valence-corrected chi connectivity index (χ3v) is 6.32. The minimum atomic E-state index is 0.0954. The Kier molecular flexibility index (Phi) is 4.42. The van der Waals surface area contributed by atoms with Gasteiger partial charge >= 0.3 is 0 Å². The van der Waals surface area contributed by atoms with Gasteiger partial charge in [-0.3, -0.25) is 9.69 Å². The van der Waals surface area contributed by atoms with E-state index in [9.17, 15) is 4.79 Å². The summed E-state index contributed by atoms with van der Waals surface area (Å²) in [5, 5.41) is 5.35. The molecule has 126 valence electrons. The molecule has 0 bridgehead atoms. The van der Waals surface area contributed by atoms with Crippen LogP contribution in [-0.4, -0.2) is 36.0 Å². The molecule has 0 aliphatic carbocycles. The maximum Gasteiger partial charge on any atom is 0.262 e. The van der Waals surface area contributed by atoms with E-state index in [4.69, 9.17) is 0 Å². The van der Waals surface area contributed by atoms with Crippen molar-refractivity contribution < 1.29 is 4.79 Å². The van der Waals surface area contributed by atoms with Gasteiger partial charge in [0, 0.05) is 24.2 Å².